The Morgan fingerprint density at radius 1 is 1.29 bits per heavy atom. The van der Waals surface area contributed by atoms with Crippen molar-refractivity contribution in [3.63, 3.8) is 0 Å². The maximum Gasteiger partial charge on any atom is 0.220 e. The first kappa shape index (κ1) is 15.9. The van der Waals surface area contributed by atoms with Crippen molar-refractivity contribution in [2.75, 3.05) is 26.4 Å². The number of benzene rings is 1. The minimum Gasteiger partial charge on any atom is -0.396 e. The average Bonchev–Trinajstić information content (AvgIpc) is 2.53. The summed E-state index contributed by atoms with van der Waals surface area (Å²) in [5, 5.41) is 12.4. The summed E-state index contributed by atoms with van der Waals surface area (Å²) in [4.78, 5) is 11.9. The van der Waals surface area contributed by atoms with E-state index in [2.05, 4.69) is 5.32 Å². The fourth-order valence-electron chi connectivity index (χ4n) is 2.48. The van der Waals surface area contributed by atoms with Crippen LogP contribution < -0.4 is 5.32 Å². The van der Waals surface area contributed by atoms with Crippen molar-refractivity contribution in [2.45, 2.75) is 25.7 Å². The van der Waals surface area contributed by atoms with Crippen LogP contribution in [0, 0.1) is 11.2 Å². The first-order chi connectivity index (χ1) is 10.1. The van der Waals surface area contributed by atoms with Gasteiger partial charge in [0.1, 0.15) is 5.82 Å². The third-order valence-corrected chi connectivity index (χ3v) is 4.10. The van der Waals surface area contributed by atoms with E-state index in [1.807, 2.05) is 0 Å². The molecule has 1 aliphatic rings. The molecule has 116 valence electrons. The van der Waals surface area contributed by atoms with Crippen LogP contribution in [-0.2, 0) is 16.0 Å². The lowest BCUT2D eigenvalue weighted by molar-refractivity contribution is -0.122. The van der Waals surface area contributed by atoms with Crippen molar-refractivity contribution in [3.05, 3.63) is 35.6 Å². The van der Waals surface area contributed by atoms with E-state index in [-0.39, 0.29) is 23.7 Å². The third kappa shape index (κ3) is 4.79. The van der Waals surface area contributed by atoms with E-state index in [0.29, 0.717) is 32.6 Å². The topological polar surface area (TPSA) is 58.6 Å². The summed E-state index contributed by atoms with van der Waals surface area (Å²) in [5.41, 5.74) is 0.693. The van der Waals surface area contributed by atoms with Crippen LogP contribution in [0.2, 0.25) is 0 Å². The molecule has 1 fully saturated rings. The smallest absolute Gasteiger partial charge is 0.220 e. The Morgan fingerprint density at radius 3 is 2.57 bits per heavy atom. The van der Waals surface area contributed by atoms with Gasteiger partial charge < -0.3 is 15.2 Å². The van der Waals surface area contributed by atoms with Crippen molar-refractivity contribution in [3.8, 4) is 0 Å². The Kier molecular flexibility index (Phi) is 5.70. The second-order valence-electron chi connectivity index (χ2n) is 5.67. The first-order valence-corrected chi connectivity index (χ1v) is 7.33. The number of rotatable bonds is 6. The van der Waals surface area contributed by atoms with E-state index in [1.54, 1.807) is 12.1 Å². The molecule has 1 aromatic rings. The van der Waals surface area contributed by atoms with Crippen molar-refractivity contribution >= 4 is 5.91 Å². The number of carbonyl (C=O) groups excluding carboxylic acids is 1. The average molecular weight is 295 g/mol. The number of amides is 1. The Morgan fingerprint density at radius 2 is 1.95 bits per heavy atom. The monoisotopic (exact) mass is 295 g/mol. The molecule has 21 heavy (non-hydrogen) atoms. The van der Waals surface area contributed by atoms with Crippen LogP contribution in [0.3, 0.4) is 0 Å². The van der Waals surface area contributed by atoms with Gasteiger partial charge in [0, 0.05) is 31.6 Å². The SMILES string of the molecule is O=C(CCc1ccc(F)cc1)NCC1(CO)CCOCC1. The number of carbonyl (C=O) groups is 1. The van der Waals surface area contributed by atoms with E-state index < -0.39 is 0 Å². The molecule has 4 nitrogen and oxygen atoms in total. The van der Waals surface area contributed by atoms with E-state index in [4.69, 9.17) is 4.74 Å². The van der Waals surface area contributed by atoms with Crippen LogP contribution in [-0.4, -0.2) is 37.4 Å². The molecule has 1 aliphatic heterocycles. The van der Waals surface area contributed by atoms with Crippen molar-refractivity contribution in [2.24, 2.45) is 5.41 Å². The zero-order valence-electron chi connectivity index (χ0n) is 12.1. The number of halogens is 1. The van der Waals surface area contributed by atoms with Crippen LogP contribution >= 0.6 is 0 Å². The highest BCUT2D eigenvalue weighted by molar-refractivity contribution is 5.76. The Hall–Kier alpha value is -1.46. The number of hydrogen-bond acceptors (Lipinski definition) is 3. The number of aliphatic hydroxyl groups is 1. The maximum absolute atomic E-state index is 12.8. The van der Waals surface area contributed by atoms with Crippen LogP contribution in [0.4, 0.5) is 4.39 Å². The first-order valence-electron chi connectivity index (χ1n) is 7.33. The summed E-state index contributed by atoms with van der Waals surface area (Å²) in [7, 11) is 0. The second kappa shape index (κ2) is 7.52. The van der Waals surface area contributed by atoms with E-state index in [9.17, 15) is 14.3 Å². The zero-order valence-corrected chi connectivity index (χ0v) is 12.1. The van der Waals surface area contributed by atoms with Gasteiger partial charge in [0.2, 0.25) is 5.91 Å². The van der Waals surface area contributed by atoms with Crippen molar-refractivity contribution < 1.29 is 19.0 Å². The molecule has 0 bridgehead atoms. The predicted octanol–water partition coefficient (Wildman–Crippen LogP) is 1.66. The molecule has 0 unspecified atom stereocenters. The summed E-state index contributed by atoms with van der Waals surface area (Å²) in [5.74, 6) is -0.314. The molecule has 0 spiro atoms. The Labute approximate surface area is 124 Å². The number of hydrogen-bond donors (Lipinski definition) is 2. The molecule has 2 rings (SSSR count). The summed E-state index contributed by atoms with van der Waals surface area (Å²) in [6.07, 6.45) is 2.48. The second-order valence-corrected chi connectivity index (χ2v) is 5.67. The van der Waals surface area contributed by atoms with E-state index in [1.165, 1.54) is 12.1 Å². The van der Waals surface area contributed by atoms with E-state index in [0.717, 1.165) is 18.4 Å². The Balaban J connectivity index is 1.75. The van der Waals surface area contributed by atoms with Gasteiger partial charge in [-0.2, -0.15) is 0 Å². The molecule has 1 saturated heterocycles. The summed E-state index contributed by atoms with van der Waals surface area (Å²) < 4.78 is 18.1. The molecule has 0 aliphatic carbocycles. The maximum atomic E-state index is 12.8. The number of nitrogens with one attached hydrogen (secondary N) is 1. The normalized spacial score (nSPS) is 17.4. The van der Waals surface area contributed by atoms with Gasteiger partial charge in [0.05, 0.1) is 6.61 Å². The summed E-state index contributed by atoms with van der Waals surface area (Å²) in [6, 6.07) is 6.18. The quantitative estimate of drug-likeness (QED) is 0.839. The number of ether oxygens (including phenoxy) is 1. The summed E-state index contributed by atoms with van der Waals surface area (Å²) in [6.45, 7) is 1.81. The van der Waals surface area contributed by atoms with Crippen molar-refractivity contribution in [1.82, 2.24) is 5.32 Å². The lowest BCUT2D eigenvalue weighted by Gasteiger charge is -2.35. The minimum atomic E-state index is -0.271. The molecular formula is C16H22FNO3. The largest absolute Gasteiger partial charge is 0.396 e. The minimum absolute atomic E-state index is 0.0429. The summed E-state index contributed by atoms with van der Waals surface area (Å²) >= 11 is 0. The lowest BCUT2D eigenvalue weighted by Crippen LogP contribution is -2.43. The third-order valence-electron chi connectivity index (χ3n) is 4.10. The lowest BCUT2D eigenvalue weighted by atomic mass is 9.81. The van der Waals surface area contributed by atoms with Gasteiger partial charge in [0.25, 0.3) is 0 Å². The molecule has 5 heteroatoms. The number of aliphatic hydroxyl groups excluding tert-OH is 1. The highest BCUT2D eigenvalue weighted by Crippen LogP contribution is 2.28. The van der Waals surface area contributed by atoms with Crippen LogP contribution in [0.1, 0.15) is 24.8 Å². The highest BCUT2D eigenvalue weighted by atomic mass is 19.1. The Bertz CT molecular complexity index is 455. The zero-order chi connectivity index (χ0) is 15.1. The van der Waals surface area contributed by atoms with Gasteiger partial charge in [-0.05, 0) is 37.0 Å². The fraction of sp³-hybridized carbons (Fsp3) is 0.562. The molecule has 1 aromatic carbocycles. The predicted molar refractivity (Wildman–Crippen MR) is 77.3 cm³/mol. The van der Waals surface area contributed by atoms with Gasteiger partial charge >= 0.3 is 0 Å². The molecular weight excluding hydrogens is 273 g/mol. The van der Waals surface area contributed by atoms with Crippen molar-refractivity contribution in [1.29, 1.82) is 0 Å². The van der Waals surface area contributed by atoms with Crippen LogP contribution in [0.5, 0.6) is 0 Å². The molecule has 1 amide bonds. The molecule has 1 heterocycles. The van der Waals surface area contributed by atoms with Gasteiger partial charge in [-0.15, -0.1) is 0 Å². The van der Waals surface area contributed by atoms with E-state index >= 15 is 0 Å². The van der Waals surface area contributed by atoms with Gasteiger partial charge in [0.15, 0.2) is 0 Å². The molecule has 0 atom stereocenters. The van der Waals surface area contributed by atoms with Gasteiger partial charge in [-0.3, -0.25) is 4.79 Å². The van der Waals surface area contributed by atoms with Gasteiger partial charge in [-0.25, -0.2) is 4.39 Å². The molecule has 2 N–H and O–H groups in total. The van der Waals surface area contributed by atoms with Gasteiger partial charge in [-0.1, -0.05) is 12.1 Å². The molecule has 0 aromatic heterocycles. The fourth-order valence-corrected chi connectivity index (χ4v) is 2.48. The van der Waals surface area contributed by atoms with Crippen LogP contribution in [0.25, 0.3) is 0 Å². The highest BCUT2D eigenvalue weighted by Gasteiger charge is 2.32. The molecule has 0 radical (unpaired) electrons. The van der Waals surface area contributed by atoms with Crippen LogP contribution in [0.15, 0.2) is 24.3 Å². The molecule has 0 saturated carbocycles. The number of aryl methyl sites for hydroxylation is 1. The standard InChI is InChI=1S/C16H22FNO3/c17-14-4-1-13(2-5-14)3-6-15(20)18-11-16(12-19)7-9-21-10-8-16/h1-2,4-5,19H,3,6-12H2,(H,18,20).